The van der Waals surface area contributed by atoms with Gasteiger partial charge in [-0.1, -0.05) is 43.3 Å². The zero-order chi connectivity index (χ0) is 16.2. The zero-order valence-corrected chi connectivity index (χ0v) is 12.9. The molecular formula is C17H16N2O4. The monoisotopic (exact) mass is 312 g/mol. The van der Waals surface area contributed by atoms with Crippen LogP contribution in [0.1, 0.15) is 41.6 Å². The molecule has 3 rings (SSSR count). The molecule has 0 saturated heterocycles. The van der Waals surface area contributed by atoms with Crippen LogP contribution in [0.4, 0.5) is 0 Å². The molecule has 0 aliphatic rings. The minimum absolute atomic E-state index is 0.0823. The number of nitrogens with zero attached hydrogens (tertiary/aromatic N) is 2. The molecule has 0 amide bonds. The Morgan fingerprint density at radius 3 is 2.65 bits per heavy atom. The van der Waals surface area contributed by atoms with Crippen molar-refractivity contribution < 1.29 is 18.5 Å². The van der Waals surface area contributed by atoms with Gasteiger partial charge in [0.1, 0.15) is 6.26 Å². The van der Waals surface area contributed by atoms with E-state index in [0.717, 1.165) is 5.56 Å². The van der Waals surface area contributed by atoms with Crippen molar-refractivity contribution >= 4 is 5.97 Å². The van der Waals surface area contributed by atoms with Crippen LogP contribution in [-0.4, -0.2) is 16.1 Å². The lowest BCUT2D eigenvalue weighted by molar-refractivity contribution is 0.0429. The zero-order valence-electron chi connectivity index (χ0n) is 12.9. The first-order valence-corrected chi connectivity index (χ1v) is 7.25. The summed E-state index contributed by atoms with van der Waals surface area (Å²) in [4.78, 5) is 15.9. The summed E-state index contributed by atoms with van der Waals surface area (Å²) < 4.78 is 15.0. The van der Waals surface area contributed by atoms with Gasteiger partial charge in [-0.05, 0) is 17.5 Å². The van der Waals surface area contributed by atoms with Crippen LogP contribution in [0.2, 0.25) is 0 Å². The largest absolute Gasteiger partial charge is 0.472 e. The van der Waals surface area contributed by atoms with E-state index in [1.54, 1.807) is 0 Å². The molecule has 2 aromatic heterocycles. The SMILES string of the molecule is CC(C)c1ccc(-c2noc(COC(=O)c3ccoc3)n2)cc1. The molecule has 2 heterocycles. The van der Waals surface area contributed by atoms with Crippen LogP contribution in [0.15, 0.2) is 51.8 Å². The molecule has 6 nitrogen and oxygen atoms in total. The fourth-order valence-corrected chi connectivity index (χ4v) is 2.04. The molecule has 0 unspecified atom stereocenters. The Kier molecular flexibility index (Phi) is 4.23. The Labute approximate surface area is 133 Å². The second kappa shape index (κ2) is 6.48. The van der Waals surface area contributed by atoms with Crippen LogP contribution in [0, 0.1) is 0 Å². The fourth-order valence-electron chi connectivity index (χ4n) is 2.04. The Morgan fingerprint density at radius 1 is 1.22 bits per heavy atom. The van der Waals surface area contributed by atoms with Gasteiger partial charge in [0.2, 0.25) is 5.82 Å². The van der Waals surface area contributed by atoms with E-state index in [2.05, 4.69) is 24.0 Å². The first kappa shape index (κ1) is 15.0. The van der Waals surface area contributed by atoms with Gasteiger partial charge < -0.3 is 13.7 Å². The Balaban J connectivity index is 1.64. The number of aromatic nitrogens is 2. The number of benzene rings is 1. The Morgan fingerprint density at radius 2 is 2.00 bits per heavy atom. The van der Waals surface area contributed by atoms with Crippen LogP contribution < -0.4 is 0 Å². The van der Waals surface area contributed by atoms with Crippen molar-refractivity contribution in [3.63, 3.8) is 0 Å². The quantitative estimate of drug-likeness (QED) is 0.667. The van der Waals surface area contributed by atoms with E-state index in [9.17, 15) is 4.79 Å². The number of furan rings is 1. The topological polar surface area (TPSA) is 78.4 Å². The third kappa shape index (κ3) is 3.48. The van der Waals surface area contributed by atoms with Gasteiger partial charge in [-0.3, -0.25) is 0 Å². The third-order valence-electron chi connectivity index (χ3n) is 3.39. The molecule has 118 valence electrons. The van der Waals surface area contributed by atoms with Crippen molar-refractivity contribution in [1.82, 2.24) is 10.1 Å². The standard InChI is InChI=1S/C17H16N2O4/c1-11(2)12-3-5-13(6-4-12)16-18-15(23-19-16)10-22-17(20)14-7-8-21-9-14/h3-9,11H,10H2,1-2H3. The lowest BCUT2D eigenvalue weighted by Gasteiger charge is -2.04. The van der Waals surface area contributed by atoms with Crippen LogP contribution >= 0.6 is 0 Å². The van der Waals surface area contributed by atoms with Crippen molar-refractivity contribution in [2.45, 2.75) is 26.4 Å². The van der Waals surface area contributed by atoms with E-state index in [1.165, 1.54) is 24.2 Å². The maximum Gasteiger partial charge on any atom is 0.341 e. The van der Waals surface area contributed by atoms with Gasteiger partial charge in [0.05, 0.1) is 11.8 Å². The molecule has 6 heteroatoms. The number of esters is 1. The molecule has 0 saturated carbocycles. The molecule has 3 aromatic rings. The summed E-state index contributed by atoms with van der Waals surface area (Å²) in [6.45, 7) is 4.19. The average Bonchev–Trinajstić information content (AvgIpc) is 3.24. The van der Waals surface area contributed by atoms with Crippen LogP contribution in [0.3, 0.4) is 0 Å². The molecule has 0 radical (unpaired) electrons. The highest BCUT2D eigenvalue weighted by atomic mass is 16.6. The van der Waals surface area contributed by atoms with Gasteiger partial charge in [-0.25, -0.2) is 4.79 Å². The maximum atomic E-state index is 11.7. The van der Waals surface area contributed by atoms with Gasteiger partial charge in [-0.15, -0.1) is 0 Å². The molecule has 0 aliphatic carbocycles. The summed E-state index contributed by atoms with van der Waals surface area (Å²) in [6.07, 6.45) is 2.72. The van der Waals surface area contributed by atoms with Crippen molar-refractivity contribution in [2.75, 3.05) is 0 Å². The maximum absolute atomic E-state index is 11.7. The molecular weight excluding hydrogens is 296 g/mol. The third-order valence-corrected chi connectivity index (χ3v) is 3.39. The molecule has 0 aliphatic heterocycles. The van der Waals surface area contributed by atoms with Crippen molar-refractivity contribution in [1.29, 1.82) is 0 Å². The first-order chi connectivity index (χ1) is 11.1. The highest BCUT2D eigenvalue weighted by molar-refractivity contribution is 5.88. The predicted molar refractivity (Wildman–Crippen MR) is 81.7 cm³/mol. The highest BCUT2D eigenvalue weighted by Gasteiger charge is 2.13. The van der Waals surface area contributed by atoms with Gasteiger partial charge >= 0.3 is 5.97 Å². The minimum Gasteiger partial charge on any atom is -0.472 e. The fraction of sp³-hybridized carbons (Fsp3) is 0.235. The number of carbonyl (C=O) groups excluding carboxylic acids is 1. The summed E-state index contributed by atoms with van der Waals surface area (Å²) in [6, 6.07) is 9.49. The normalized spacial score (nSPS) is 10.9. The van der Waals surface area contributed by atoms with Crippen molar-refractivity contribution in [3.8, 4) is 11.4 Å². The van der Waals surface area contributed by atoms with Crippen LogP contribution in [0.5, 0.6) is 0 Å². The first-order valence-electron chi connectivity index (χ1n) is 7.25. The highest BCUT2D eigenvalue weighted by Crippen LogP contribution is 2.20. The molecule has 23 heavy (non-hydrogen) atoms. The molecule has 0 atom stereocenters. The molecule has 0 N–H and O–H groups in total. The smallest absolute Gasteiger partial charge is 0.341 e. The average molecular weight is 312 g/mol. The summed E-state index contributed by atoms with van der Waals surface area (Å²) >= 11 is 0. The summed E-state index contributed by atoms with van der Waals surface area (Å²) in [5.74, 6) is 0.673. The Bertz CT molecular complexity index is 773. The molecule has 0 spiro atoms. The van der Waals surface area contributed by atoms with E-state index in [0.29, 0.717) is 17.3 Å². The van der Waals surface area contributed by atoms with E-state index < -0.39 is 5.97 Å². The van der Waals surface area contributed by atoms with E-state index in [1.807, 2.05) is 24.3 Å². The van der Waals surface area contributed by atoms with Crippen molar-refractivity contribution in [2.24, 2.45) is 0 Å². The number of rotatable bonds is 5. The molecule has 0 bridgehead atoms. The van der Waals surface area contributed by atoms with Gasteiger partial charge in [-0.2, -0.15) is 4.98 Å². The second-order valence-corrected chi connectivity index (χ2v) is 5.38. The number of carbonyl (C=O) groups is 1. The molecule has 0 fully saturated rings. The van der Waals surface area contributed by atoms with E-state index in [-0.39, 0.29) is 12.5 Å². The van der Waals surface area contributed by atoms with Gasteiger partial charge in [0, 0.05) is 5.56 Å². The number of hydrogen-bond donors (Lipinski definition) is 0. The predicted octanol–water partition coefficient (Wildman–Crippen LogP) is 3.81. The van der Waals surface area contributed by atoms with Gasteiger partial charge in [0.15, 0.2) is 6.61 Å². The second-order valence-electron chi connectivity index (χ2n) is 5.38. The van der Waals surface area contributed by atoms with E-state index in [4.69, 9.17) is 13.7 Å². The number of hydrogen-bond acceptors (Lipinski definition) is 6. The lowest BCUT2D eigenvalue weighted by Crippen LogP contribution is -2.04. The van der Waals surface area contributed by atoms with Crippen LogP contribution in [-0.2, 0) is 11.3 Å². The van der Waals surface area contributed by atoms with Gasteiger partial charge in [0.25, 0.3) is 5.89 Å². The molecule has 1 aromatic carbocycles. The summed E-state index contributed by atoms with van der Waals surface area (Å²) in [7, 11) is 0. The lowest BCUT2D eigenvalue weighted by atomic mass is 10.0. The Hall–Kier alpha value is -2.89. The van der Waals surface area contributed by atoms with Crippen LogP contribution in [0.25, 0.3) is 11.4 Å². The summed E-state index contributed by atoms with van der Waals surface area (Å²) in [5.41, 5.74) is 2.44. The van der Waals surface area contributed by atoms with Crippen molar-refractivity contribution in [3.05, 3.63) is 59.9 Å². The summed E-state index contributed by atoms with van der Waals surface area (Å²) in [5, 5.41) is 3.91. The number of ether oxygens (including phenoxy) is 1. The minimum atomic E-state index is -0.500. The van der Waals surface area contributed by atoms with E-state index >= 15 is 0 Å².